The molecule has 0 atom stereocenters. The van der Waals surface area contributed by atoms with Crippen LogP contribution in [0, 0.1) is 13.8 Å². The van der Waals surface area contributed by atoms with Gasteiger partial charge in [-0.1, -0.05) is 42.5 Å². The maximum atomic E-state index is 13.0. The van der Waals surface area contributed by atoms with Gasteiger partial charge in [0.25, 0.3) is 15.9 Å². The first-order valence-corrected chi connectivity index (χ1v) is 12.3. The Hall–Kier alpha value is -3.92. The molecule has 0 unspecified atom stereocenters. The summed E-state index contributed by atoms with van der Waals surface area (Å²) >= 11 is 0. The number of sulfonamides is 1. The second-order valence-electron chi connectivity index (χ2n) is 8.37. The van der Waals surface area contributed by atoms with Crippen LogP contribution >= 0.6 is 0 Å². The Morgan fingerprint density at radius 2 is 1.60 bits per heavy atom. The van der Waals surface area contributed by atoms with Crippen LogP contribution in [0.4, 0.5) is 11.4 Å². The van der Waals surface area contributed by atoms with Crippen molar-refractivity contribution in [1.29, 1.82) is 0 Å². The summed E-state index contributed by atoms with van der Waals surface area (Å²) < 4.78 is 32.0. The molecule has 0 bridgehead atoms. The van der Waals surface area contributed by atoms with Crippen LogP contribution in [0.15, 0.2) is 59.5 Å². The lowest BCUT2D eigenvalue weighted by molar-refractivity contribution is -0.150. The third-order valence-corrected chi connectivity index (χ3v) is 7.66. The van der Waals surface area contributed by atoms with Gasteiger partial charge in [-0.3, -0.25) is 18.7 Å². The molecule has 9 nitrogen and oxygen atoms in total. The number of carbonyl (C=O) groups excluding carboxylic acids is 3. The van der Waals surface area contributed by atoms with Crippen LogP contribution in [-0.4, -0.2) is 57.8 Å². The van der Waals surface area contributed by atoms with E-state index in [-0.39, 0.29) is 11.4 Å². The molecule has 1 aliphatic rings. The fraction of sp³-hybridized carbons (Fsp3) is 0.240. The number of benzene rings is 3. The Morgan fingerprint density at radius 3 is 2.29 bits per heavy atom. The van der Waals surface area contributed by atoms with Gasteiger partial charge in [0, 0.05) is 18.1 Å². The number of likely N-dealkylation sites (N-methyl/N-ethyl adjacent to an activating group) is 1. The maximum absolute atomic E-state index is 13.0. The molecule has 3 aromatic rings. The van der Waals surface area contributed by atoms with Crippen molar-refractivity contribution in [3.63, 3.8) is 0 Å². The lowest BCUT2D eigenvalue weighted by Gasteiger charge is -2.20. The number of rotatable bonds is 7. The molecule has 10 heteroatoms. The van der Waals surface area contributed by atoms with E-state index in [1.54, 1.807) is 30.3 Å². The molecule has 35 heavy (non-hydrogen) atoms. The molecule has 0 aromatic heterocycles. The first-order valence-electron chi connectivity index (χ1n) is 10.9. The van der Waals surface area contributed by atoms with Crippen LogP contribution in [-0.2, 0) is 29.1 Å². The normalized spacial score (nSPS) is 13.5. The number of aryl methyl sites for hydroxylation is 2. The number of para-hydroxylation sites is 1. The number of hydrogen-bond acceptors (Lipinski definition) is 6. The molecule has 182 valence electrons. The lowest BCUT2D eigenvalue weighted by Crippen LogP contribution is -2.39. The second kappa shape index (κ2) is 9.38. The largest absolute Gasteiger partial charge is 0.454 e. The first kappa shape index (κ1) is 24.2. The molecule has 1 N–H and O–H groups in total. The van der Waals surface area contributed by atoms with Crippen LogP contribution in [0.3, 0.4) is 0 Å². The van der Waals surface area contributed by atoms with Gasteiger partial charge in [-0.05, 0) is 42.5 Å². The molecular weight excluding hydrogens is 470 g/mol. The van der Waals surface area contributed by atoms with Crippen molar-refractivity contribution in [2.75, 3.05) is 36.4 Å². The van der Waals surface area contributed by atoms with Gasteiger partial charge in [-0.15, -0.1) is 0 Å². The number of hydrogen-bond donors (Lipinski definition) is 1. The Morgan fingerprint density at radius 1 is 0.971 bits per heavy atom. The van der Waals surface area contributed by atoms with Crippen molar-refractivity contribution < 1.29 is 27.5 Å². The van der Waals surface area contributed by atoms with Crippen molar-refractivity contribution in [3.05, 3.63) is 65.7 Å². The maximum Gasteiger partial charge on any atom is 0.327 e. The van der Waals surface area contributed by atoms with E-state index in [1.807, 2.05) is 32.0 Å². The molecule has 3 aromatic carbocycles. The smallest absolute Gasteiger partial charge is 0.327 e. The summed E-state index contributed by atoms with van der Waals surface area (Å²) in [5.74, 6) is -1.86. The van der Waals surface area contributed by atoms with Crippen molar-refractivity contribution >= 4 is 50.0 Å². The van der Waals surface area contributed by atoms with E-state index < -0.39 is 41.0 Å². The lowest BCUT2D eigenvalue weighted by atomic mass is 10.1. The molecule has 0 spiro atoms. The average molecular weight is 496 g/mol. The summed E-state index contributed by atoms with van der Waals surface area (Å²) in [4.78, 5) is 38.5. The van der Waals surface area contributed by atoms with E-state index in [0.717, 1.165) is 25.7 Å². The van der Waals surface area contributed by atoms with Gasteiger partial charge in [0.15, 0.2) is 6.61 Å². The van der Waals surface area contributed by atoms with Gasteiger partial charge in [0.05, 0.1) is 17.1 Å². The zero-order valence-corrected chi connectivity index (χ0v) is 20.4. The van der Waals surface area contributed by atoms with E-state index in [2.05, 4.69) is 5.32 Å². The molecule has 1 aliphatic heterocycles. The van der Waals surface area contributed by atoms with Gasteiger partial charge in [-0.25, -0.2) is 8.42 Å². The van der Waals surface area contributed by atoms with Crippen molar-refractivity contribution in [2.45, 2.75) is 18.7 Å². The molecule has 4 rings (SSSR count). The van der Waals surface area contributed by atoms with Gasteiger partial charge in [0.2, 0.25) is 5.91 Å². The highest BCUT2D eigenvalue weighted by molar-refractivity contribution is 7.93. The Labute approximate surface area is 203 Å². The van der Waals surface area contributed by atoms with Crippen molar-refractivity contribution in [1.82, 2.24) is 4.90 Å². The van der Waals surface area contributed by atoms with Crippen LogP contribution in [0.2, 0.25) is 0 Å². The molecule has 0 saturated heterocycles. The third-order valence-electron chi connectivity index (χ3n) is 5.86. The van der Waals surface area contributed by atoms with E-state index >= 15 is 0 Å². The number of nitrogens with one attached hydrogen (secondary N) is 1. The molecule has 0 aliphatic carbocycles. The molecule has 0 radical (unpaired) electrons. The van der Waals surface area contributed by atoms with Crippen molar-refractivity contribution in [3.8, 4) is 0 Å². The number of anilines is 2. The zero-order chi connectivity index (χ0) is 25.3. The summed E-state index contributed by atoms with van der Waals surface area (Å²) in [6.07, 6.45) is 0. The highest BCUT2D eigenvalue weighted by atomic mass is 32.2. The Balaban J connectivity index is 1.34. The van der Waals surface area contributed by atoms with E-state index in [1.165, 1.54) is 13.1 Å². The summed E-state index contributed by atoms with van der Waals surface area (Å²) in [5.41, 5.74) is 2.88. The highest BCUT2D eigenvalue weighted by Gasteiger charge is 2.37. The fourth-order valence-electron chi connectivity index (χ4n) is 4.04. The predicted molar refractivity (Wildman–Crippen MR) is 132 cm³/mol. The predicted octanol–water partition coefficient (Wildman–Crippen LogP) is 2.61. The number of amides is 2. The van der Waals surface area contributed by atoms with E-state index in [4.69, 9.17) is 4.74 Å². The van der Waals surface area contributed by atoms with Gasteiger partial charge in [0.1, 0.15) is 6.54 Å². The minimum absolute atomic E-state index is 0.129. The fourth-order valence-corrected chi connectivity index (χ4v) is 5.69. The minimum atomic E-state index is -3.92. The third kappa shape index (κ3) is 4.69. The molecule has 2 amide bonds. The number of carbonyl (C=O) groups is 3. The quantitative estimate of drug-likeness (QED) is 0.504. The SMILES string of the molecule is Cc1cccc(C)c1NC(=O)CN(C)C(=O)COC(=O)CN1c2cccc3cccc(c23)S1(=O)=O. The molecular formula is C25H25N3O6S. The van der Waals surface area contributed by atoms with Gasteiger partial charge >= 0.3 is 5.97 Å². The van der Waals surface area contributed by atoms with Crippen molar-refractivity contribution in [2.24, 2.45) is 0 Å². The summed E-state index contributed by atoms with van der Waals surface area (Å²) in [6, 6.07) is 15.7. The number of esters is 1. The van der Waals surface area contributed by atoms with Crippen LogP contribution < -0.4 is 9.62 Å². The second-order valence-corrected chi connectivity index (χ2v) is 10.2. The molecule has 0 saturated carbocycles. The highest BCUT2D eigenvalue weighted by Crippen LogP contribution is 2.41. The van der Waals surface area contributed by atoms with Crippen LogP contribution in [0.5, 0.6) is 0 Å². The van der Waals surface area contributed by atoms with E-state index in [0.29, 0.717) is 16.8 Å². The summed E-state index contributed by atoms with van der Waals surface area (Å²) in [5, 5.41) is 4.09. The Bertz CT molecular complexity index is 1430. The average Bonchev–Trinajstić information content (AvgIpc) is 3.03. The topological polar surface area (TPSA) is 113 Å². The van der Waals surface area contributed by atoms with Crippen LogP contribution in [0.1, 0.15) is 11.1 Å². The van der Waals surface area contributed by atoms with Crippen LogP contribution in [0.25, 0.3) is 10.8 Å². The Kier molecular flexibility index (Phi) is 6.49. The number of ether oxygens (including phenoxy) is 1. The van der Waals surface area contributed by atoms with Gasteiger partial charge in [-0.2, -0.15) is 0 Å². The molecule has 0 fully saturated rings. The molecule has 1 heterocycles. The van der Waals surface area contributed by atoms with E-state index in [9.17, 15) is 22.8 Å². The monoisotopic (exact) mass is 495 g/mol. The minimum Gasteiger partial charge on any atom is -0.454 e. The van der Waals surface area contributed by atoms with Gasteiger partial charge < -0.3 is 15.0 Å². The standard InChI is InChI=1S/C25H25N3O6S/c1-16-7-4-8-17(2)25(16)26-21(29)13-27(3)22(30)15-34-23(31)14-28-19-11-5-9-18-10-6-12-20(24(18)19)35(28,32)33/h4-12H,13-15H2,1-3H3,(H,26,29). The zero-order valence-electron chi connectivity index (χ0n) is 19.6. The summed E-state index contributed by atoms with van der Waals surface area (Å²) in [6.45, 7) is 2.33. The summed E-state index contributed by atoms with van der Waals surface area (Å²) in [7, 11) is -2.50. The first-order chi connectivity index (χ1) is 16.6. The number of nitrogens with zero attached hydrogens (tertiary/aromatic N) is 2.